The SMILES string of the molecule is CCCCc1cc(NC(=O)c2ccc3c(c2)[nH]c(=O)n3CC2CC2)n[nH]1. The molecule has 1 aromatic carbocycles. The summed E-state index contributed by atoms with van der Waals surface area (Å²) in [6, 6.07) is 7.17. The molecule has 7 nitrogen and oxygen atoms in total. The van der Waals surface area contributed by atoms with Crippen LogP contribution in [0.3, 0.4) is 0 Å². The lowest BCUT2D eigenvalue weighted by Crippen LogP contribution is -2.17. The second-order valence-corrected chi connectivity index (χ2v) is 7.05. The van der Waals surface area contributed by atoms with Gasteiger partial charge in [0.15, 0.2) is 5.82 Å². The van der Waals surface area contributed by atoms with E-state index in [4.69, 9.17) is 0 Å². The van der Waals surface area contributed by atoms with Crippen molar-refractivity contribution >= 4 is 22.8 Å². The molecule has 1 aliphatic carbocycles. The number of unbranched alkanes of at least 4 members (excludes halogenated alkanes) is 1. The number of hydrogen-bond acceptors (Lipinski definition) is 3. The second kappa shape index (κ2) is 6.82. The number of benzene rings is 1. The van der Waals surface area contributed by atoms with Gasteiger partial charge in [0.1, 0.15) is 0 Å². The summed E-state index contributed by atoms with van der Waals surface area (Å²) in [5.74, 6) is 0.883. The number of H-pyrrole nitrogens is 2. The van der Waals surface area contributed by atoms with Crippen LogP contribution in [-0.2, 0) is 13.0 Å². The summed E-state index contributed by atoms with van der Waals surface area (Å²) in [6.45, 7) is 2.88. The first-order valence-electron chi connectivity index (χ1n) is 9.22. The molecule has 1 fully saturated rings. The van der Waals surface area contributed by atoms with Crippen LogP contribution in [0.25, 0.3) is 11.0 Å². The highest BCUT2D eigenvalue weighted by Crippen LogP contribution is 2.31. The second-order valence-electron chi connectivity index (χ2n) is 7.05. The maximum Gasteiger partial charge on any atom is 0.326 e. The molecule has 1 saturated carbocycles. The molecule has 26 heavy (non-hydrogen) atoms. The van der Waals surface area contributed by atoms with Crippen LogP contribution < -0.4 is 11.0 Å². The molecule has 0 radical (unpaired) electrons. The topological polar surface area (TPSA) is 95.6 Å². The van der Waals surface area contributed by atoms with Gasteiger partial charge < -0.3 is 10.3 Å². The lowest BCUT2D eigenvalue weighted by atomic mass is 10.2. The van der Waals surface area contributed by atoms with Crippen molar-refractivity contribution in [2.45, 2.75) is 45.6 Å². The molecule has 0 aliphatic heterocycles. The van der Waals surface area contributed by atoms with Crippen molar-refractivity contribution in [3.63, 3.8) is 0 Å². The van der Waals surface area contributed by atoms with Crippen molar-refractivity contribution in [2.24, 2.45) is 5.92 Å². The number of hydrogen-bond donors (Lipinski definition) is 3. The first kappa shape index (κ1) is 16.6. The molecule has 7 heteroatoms. The molecule has 0 spiro atoms. The Morgan fingerprint density at radius 1 is 1.35 bits per heavy atom. The lowest BCUT2D eigenvalue weighted by Gasteiger charge is -2.04. The fraction of sp³-hybridized carbons (Fsp3) is 0.421. The molecule has 3 N–H and O–H groups in total. The third-order valence-corrected chi connectivity index (χ3v) is 4.85. The number of aromatic amines is 2. The highest BCUT2D eigenvalue weighted by Gasteiger charge is 2.23. The first-order valence-corrected chi connectivity index (χ1v) is 9.22. The predicted molar refractivity (Wildman–Crippen MR) is 100 cm³/mol. The summed E-state index contributed by atoms with van der Waals surface area (Å²) in [4.78, 5) is 27.5. The van der Waals surface area contributed by atoms with E-state index in [1.165, 1.54) is 12.8 Å². The van der Waals surface area contributed by atoms with Gasteiger partial charge in [-0.2, -0.15) is 5.10 Å². The van der Waals surface area contributed by atoms with Crippen LogP contribution in [0.2, 0.25) is 0 Å². The van der Waals surface area contributed by atoms with Crippen molar-refractivity contribution in [3.05, 3.63) is 46.0 Å². The van der Waals surface area contributed by atoms with E-state index in [2.05, 4.69) is 27.4 Å². The number of aryl methyl sites for hydroxylation is 1. The smallest absolute Gasteiger partial charge is 0.306 e. The third-order valence-electron chi connectivity index (χ3n) is 4.85. The molecule has 3 aromatic rings. The maximum absolute atomic E-state index is 12.5. The number of amides is 1. The number of anilines is 1. The van der Waals surface area contributed by atoms with Crippen LogP contribution in [0.1, 0.15) is 48.7 Å². The van der Waals surface area contributed by atoms with Gasteiger partial charge in [0, 0.05) is 23.9 Å². The number of fused-ring (bicyclic) bond motifs is 1. The normalized spacial score (nSPS) is 14.0. The summed E-state index contributed by atoms with van der Waals surface area (Å²) >= 11 is 0. The Morgan fingerprint density at radius 2 is 2.19 bits per heavy atom. The minimum Gasteiger partial charge on any atom is -0.306 e. The van der Waals surface area contributed by atoms with Gasteiger partial charge in [-0.1, -0.05) is 13.3 Å². The standard InChI is InChI=1S/C19H23N5O2/c1-2-3-4-14-10-17(23-22-14)21-18(25)13-7-8-16-15(9-13)20-19(26)24(16)11-12-5-6-12/h7-10,12H,2-6,11H2,1H3,(H,20,26)(H2,21,22,23,25). The van der Waals surface area contributed by atoms with Gasteiger partial charge in [0.25, 0.3) is 5.91 Å². The molecule has 2 heterocycles. The molecule has 1 amide bonds. The summed E-state index contributed by atoms with van der Waals surface area (Å²) in [5, 5.41) is 9.89. The van der Waals surface area contributed by atoms with E-state index in [1.54, 1.807) is 16.7 Å². The molecule has 1 aliphatic rings. The predicted octanol–water partition coefficient (Wildman–Crippen LogP) is 3.06. The van der Waals surface area contributed by atoms with Gasteiger partial charge in [-0.05, 0) is 49.8 Å². The van der Waals surface area contributed by atoms with Crippen LogP contribution in [0.4, 0.5) is 5.82 Å². The Hall–Kier alpha value is -2.83. The molecule has 136 valence electrons. The zero-order chi connectivity index (χ0) is 18.1. The van der Waals surface area contributed by atoms with E-state index in [0.29, 0.717) is 22.8 Å². The summed E-state index contributed by atoms with van der Waals surface area (Å²) < 4.78 is 1.77. The quantitative estimate of drug-likeness (QED) is 0.609. The van der Waals surface area contributed by atoms with Crippen molar-refractivity contribution < 1.29 is 4.79 Å². The van der Waals surface area contributed by atoms with Crippen LogP contribution in [0.5, 0.6) is 0 Å². The van der Waals surface area contributed by atoms with Crippen molar-refractivity contribution in [2.75, 3.05) is 5.32 Å². The van der Waals surface area contributed by atoms with E-state index < -0.39 is 0 Å². The van der Waals surface area contributed by atoms with E-state index in [-0.39, 0.29) is 11.6 Å². The third kappa shape index (κ3) is 3.42. The fourth-order valence-corrected chi connectivity index (χ4v) is 3.15. The molecule has 4 rings (SSSR count). The summed E-state index contributed by atoms with van der Waals surface area (Å²) in [5.41, 5.74) is 2.93. The minimum atomic E-state index is -0.240. The van der Waals surface area contributed by atoms with Crippen molar-refractivity contribution in [1.82, 2.24) is 19.7 Å². The average molecular weight is 353 g/mol. The van der Waals surface area contributed by atoms with Crippen molar-refractivity contribution in [3.8, 4) is 0 Å². The first-order chi connectivity index (χ1) is 12.6. The molecule has 2 aromatic heterocycles. The molecule has 0 saturated heterocycles. The van der Waals surface area contributed by atoms with Crippen LogP contribution >= 0.6 is 0 Å². The molecular formula is C19H23N5O2. The fourth-order valence-electron chi connectivity index (χ4n) is 3.15. The zero-order valence-electron chi connectivity index (χ0n) is 14.8. The van der Waals surface area contributed by atoms with E-state index in [9.17, 15) is 9.59 Å². The van der Waals surface area contributed by atoms with Crippen LogP contribution in [-0.4, -0.2) is 25.7 Å². The Balaban J connectivity index is 1.51. The van der Waals surface area contributed by atoms with Gasteiger partial charge in [0.2, 0.25) is 0 Å². The lowest BCUT2D eigenvalue weighted by molar-refractivity contribution is 0.102. The Kier molecular flexibility index (Phi) is 4.36. The van der Waals surface area contributed by atoms with Gasteiger partial charge in [-0.15, -0.1) is 0 Å². The monoisotopic (exact) mass is 353 g/mol. The number of imidazole rings is 1. The van der Waals surface area contributed by atoms with Gasteiger partial charge in [-0.3, -0.25) is 14.5 Å². The Bertz CT molecular complexity index is 993. The zero-order valence-corrected chi connectivity index (χ0v) is 14.8. The van der Waals surface area contributed by atoms with E-state index in [0.717, 1.165) is 37.0 Å². The van der Waals surface area contributed by atoms with E-state index in [1.807, 2.05) is 12.1 Å². The maximum atomic E-state index is 12.5. The summed E-state index contributed by atoms with van der Waals surface area (Å²) in [6.07, 6.45) is 5.48. The summed E-state index contributed by atoms with van der Waals surface area (Å²) in [7, 11) is 0. The number of nitrogens with one attached hydrogen (secondary N) is 3. The number of carbonyl (C=O) groups excluding carboxylic acids is 1. The molecule has 0 unspecified atom stereocenters. The van der Waals surface area contributed by atoms with Gasteiger partial charge in [0.05, 0.1) is 11.0 Å². The number of rotatable bonds is 7. The van der Waals surface area contributed by atoms with E-state index >= 15 is 0 Å². The largest absolute Gasteiger partial charge is 0.326 e. The van der Waals surface area contributed by atoms with Gasteiger partial charge >= 0.3 is 5.69 Å². The number of carbonyl (C=O) groups is 1. The number of aromatic nitrogens is 4. The number of nitrogens with zero attached hydrogens (tertiary/aromatic N) is 2. The highest BCUT2D eigenvalue weighted by molar-refractivity contribution is 6.05. The average Bonchev–Trinajstić information content (AvgIpc) is 3.26. The molecular weight excluding hydrogens is 330 g/mol. The van der Waals surface area contributed by atoms with Crippen LogP contribution in [0.15, 0.2) is 29.1 Å². The Morgan fingerprint density at radius 3 is 2.96 bits per heavy atom. The Labute approximate surface area is 150 Å². The minimum absolute atomic E-state index is 0.114. The van der Waals surface area contributed by atoms with Crippen LogP contribution in [0, 0.1) is 5.92 Å². The van der Waals surface area contributed by atoms with Gasteiger partial charge in [-0.25, -0.2) is 4.79 Å². The molecule has 0 bridgehead atoms. The van der Waals surface area contributed by atoms with Crippen molar-refractivity contribution in [1.29, 1.82) is 0 Å². The molecule has 0 atom stereocenters. The highest BCUT2D eigenvalue weighted by atomic mass is 16.2.